The molecule has 3 N–H and O–H groups in total. The van der Waals surface area contributed by atoms with E-state index in [2.05, 4.69) is 15.6 Å². The van der Waals surface area contributed by atoms with Gasteiger partial charge < -0.3 is 20.5 Å². The normalized spacial score (nSPS) is 10.0. The number of aliphatic hydroxyl groups is 1. The van der Waals surface area contributed by atoms with Crippen LogP contribution in [0.25, 0.3) is 0 Å². The highest BCUT2D eigenvalue weighted by atomic mass is 16.5. The fourth-order valence-corrected chi connectivity index (χ4v) is 1.73. The number of hydrogen-bond donors (Lipinski definition) is 3. The number of carbonyl (C=O) groups is 1. The van der Waals surface area contributed by atoms with Crippen molar-refractivity contribution >= 4 is 17.4 Å². The third kappa shape index (κ3) is 5.41. The number of rotatable bonds is 8. The van der Waals surface area contributed by atoms with Crippen molar-refractivity contribution in [2.24, 2.45) is 0 Å². The van der Waals surface area contributed by atoms with Crippen molar-refractivity contribution in [3.05, 3.63) is 48.7 Å². The van der Waals surface area contributed by atoms with E-state index in [1.54, 1.807) is 30.5 Å². The average molecular weight is 301 g/mol. The standard InChI is InChI=1S/C16H19N3O3/c20-10-4-9-17-15-8-7-13(11-18-15)19-16(21)12-22-14-5-2-1-3-6-14/h1-3,5-8,11,20H,4,9-10,12H2,(H,17,18)(H,19,21). The lowest BCUT2D eigenvalue weighted by Gasteiger charge is -2.08. The number of para-hydroxylation sites is 1. The number of amides is 1. The first kappa shape index (κ1) is 15.8. The summed E-state index contributed by atoms with van der Waals surface area (Å²) >= 11 is 0. The number of carbonyl (C=O) groups excluding carboxylic acids is 1. The SMILES string of the molecule is O=C(COc1ccccc1)Nc1ccc(NCCCO)nc1. The van der Waals surface area contributed by atoms with Crippen molar-refractivity contribution in [2.45, 2.75) is 6.42 Å². The van der Waals surface area contributed by atoms with Crippen LogP contribution >= 0.6 is 0 Å². The molecule has 6 heteroatoms. The van der Waals surface area contributed by atoms with Gasteiger partial charge in [0.15, 0.2) is 6.61 Å². The van der Waals surface area contributed by atoms with Crippen LogP contribution in [0, 0.1) is 0 Å². The predicted octanol–water partition coefficient (Wildman–Crippen LogP) is 1.89. The molecule has 2 rings (SSSR count). The molecular formula is C16H19N3O3. The van der Waals surface area contributed by atoms with E-state index in [1.807, 2.05) is 18.2 Å². The van der Waals surface area contributed by atoms with Crippen molar-refractivity contribution in [3.8, 4) is 5.75 Å². The molecule has 0 saturated carbocycles. The Hall–Kier alpha value is -2.60. The molecule has 0 fully saturated rings. The average Bonchev–Trinajstić information content (AvgIpc) is 2.56. The van der Waals surface area contributed by atoms with E-state index in [0.29, 0.717) is 30.2 Å². The Morgan fingerprint density at radius 3 is 2.68 bits per heavy atom. The number of ether oxygens (including phenoxy) is 1. The van der Waals surface area contributed by atoms with Crippen LogP contribution in [0.1, 0.15) is 6.42 Å². The summed E-state index contributed by atoms with van der Waals surface area (Å²) in [6.45, 7) is 0.739. The first-order chi connectivity index (χ1) is 10.8. The van der Waals surface area contributed by atoms with Gasteiger partial charge >= 0.3 is 0 Å². The molecule has 0 saturated heterocycles. The van der Waals surface area contributed by atoms with Crippen molar-refractivity contribution in [1.82, 2.24) is 4.98 Å². The molecule has 0 aliphatic rings. The molecule has 22 heavy (non-hydrogen) atoms. The predicted molar refractivity (Wildman–Crippen MR) is 85.0 cm³/mol. The highest BCUT2D eigenvalue weighted by Crippen LogP contribution is 2.11. The van der Waals surface area contributed by atoms with Gasteiger partial charge in [-0.15, -0.1) is 0 Å². The molecule has 0 bridgehead atoms. The molecule has 6 nitrogen and oxygen atoms in total. The van der Waals surface area contributed by atoms with Gasteiger partial charge in [0.2, 0.25) is 0 Å². The van der Waals surface area contributed by atoms with Gasteiger partial charge in [-0.1, -0.05) is 18.2 Å². The van der Waals surface area contributed by atoms with Crippen LogP contribution in [-0.2, 0) is 4.79 Å². The van der Waals surface area contributed by atoms with Crippen LogP contribution in [0.5, 0.6) is 5.75 Å². The fraction of sp³-hybridized carbons (Fsp3) is 0.250. The zero-order valence-corrected chi connectivity index (χ0v) is 12.2. The Kier molecular flexibility index (Phi) is 6.19. The van der Waals surface area contributed by atoms with Crippen LogP contribution in [0.4, 0.5) is 11.5 Å². The van der Waals surface area contributed by atoms with Gasteiger partial charge in [-0.3, -0.25) is 4.79 Å². The van der Waals surface area contributed by atoms with Gasteiger partial charge in [-0.25, -0.2) is 4.98 Å². The summed E-state index contributed by atoms with van der Waals surface area (Å²) in [6.07, 6.45) is 2.23. The molecule has 1 amide bonds. The smallest absolute Gasteiger partial charge is 0.262 e. The van der Waals surface area contributed by atoms with Gasteiger partial charge in [-0.05, 0) is 30.7 Å². The van der Waals surface area contributed by atoms with Crippen LogP contribution in [-0.4, -0.2) is 35.8 Å². The van der Waals surface area contributed by atoms with E-state index in [1.165, 1.54) is 0 Å². The van der Waals surface area contributed by atoms with Crippen LogP contribution in [0.2, 0.25) is 0 Å². The number of anilines is 2. The Balaban J connectivity index is 1.76. The van der Waals surface area contributed by atoms with Crippen molar-refractivity contribution in [3.63, 3.8) is 0 Å². The zero-order valence-electron chi connectivity index (χ0n) is 12.2. The molecule has 0 atom stereocenters. The van der Waals surface area contributed by atoms with Crippen LogP contribution in [0.15, 0.2) is 48.7 Å². The van der Waals surface area contributed by atoms with Gasteiger partial charge in [0.25, 0.3) is 5.91 Å². The molecule has 1 aromatic carbocycles. The lowest BCUT2D eigenvalue weighted by Crippen LogP contribution is -2.20. The molecule has 116 valence electrons. The van der Waals surface area contributed by atoms with Crippen molar-refractivity contribution < 1.29 is 14.6 Å². The van der Waals surface area contributed by atoms with Gasteiger partial charge in [0, 0.05) is 13.2 Å². The second-order valence-corrected chi connectivity index (χ2v) is 4.59. The fourth-order valence-electron chi connectivity index (χ4n) is 1.73. The zero-order chi connectivity index (χ0) is 15.6. The monoisotopic (exact) mass is 301 g/mol. The maximum atomic E-state index is 11.8. The number of benzene rings is 1. The Bertz CT molecular complexity index is 573. The number of aromatic nitrogens is 1. The maximum absolute atomic E-state index is 11.8. The Morgan fingerprint density at radius 1 is 1.18 bits per heavy atom. The van der Waals surface area contributed by atoms with Crippen molar-refractivity contribution in [1.29, 1.82) is 0 Å². The van der Waals surface area contributed by atoms with E-state index in [0.717, 1.165) is 0 Å². The first-order valence-electron chi connectivity index (χ1n) is 7.06. The Morgan fingerprint density at radius 2 is 2.00 bits per heavy atom. The highest BCUT2D eigenvalue weighted by Gasteiger charge is 2.04. The second-order valence-electron chi connectivity index (χ2n) is 4.59. The minimum absolute atomic E-state index is 0.0550. The first-order valence-corrected chi connectivity index (χ1v) is 7.06. The van der Waals surface area contributed by atoms with Crippen LogP contribution in [0.3, 0.4) is 0 Å². The maximum Gasteiger partial charge on any atom is 0.262 e. The second kappa shape index (κ2) is 8.63. The number of pyridine rings is 1. The van der Waals surface area contributed by atoms with Crippen LogP contribution < -0.4 is 15.4 Å². The van der Waals surface area contributed by atoms with Gasteiger partial charge in [0.05, 0.1) is 11.9 Å². The number of nitrogens with one attached hydrogen (secondary N) is 2. The summed E-state index contributed by atoms with van der Waals surface area (Å²) in [6, 6.07) is 12.7. The Labute approximate surface area is 129 Å². The van der Waals surface area contributed by atoms with E-state index < -0.39 is 0 Å². The lowest BCUT2D eigenvalue weighted by atomic mass is 10.3. The van der Waals surface area contributed by atoms with Crippen molar-refractivity contribution in [2.75, 3.05) is 30.4 Å². The molecule has 0 unspecified atom stereocenters. The molecule has 1 aromatic heterocycles. The third-order valence-electron chi connectivity index (χ3n) is 2.80. The van der Waals surface area contributed by atoms with E-state index in [4.69, 9.17) is 9.84 Å². The molecule has 0 aliphatic heterocycles. The van der Waals surface area contributed by atoms with E-state index >= 15 is 0 Å². The molecule has 2 aromatic rings. The van der Waals surface area contributed by atoms with E-state index in [9.17, 15) is 4.79 Å². The minimum atomic E-state index is -0.244. The molecule has 1 heterocycles. The van der Waals surface area contributed by atoms with Gasteiger partial charge in [0.1, 0.15) is 11.6 Å². The largest absolute Gasteiger partial charge is 0.484 e. The van der Waals surface area contributed by atoms with E-state index in [-0.39, 0.29) is 19.1 Å². The lowest BCUT2D eigenvalue weighted by molar-refractivity contribution is -0.118. The highest BCUT2D eigenvalue weighted by molar-refractivity contribution is 5.91. The molecular weight excluding hydrogens is 282 g/mol. The minimum Gasteiger partial charge on any atom is -0.484 e. The molecule has 0 spiro atoms. The summed E-state index contributed by atoms with van der Waals surface area (Å²) in [5.74, 6) is 1.11. The van der Waals surface area contributed by atoms with Gasteiger partial charge in [-0.2, -0.15) is 0 Å². The number of hydrogen-bond acceptors (Lipinski definition) is 5. The summed E-state index contributed by atoms with van der Waals surface area (Å²) < 4.78 is 5.36. The quantitative estimate of drug-likeness (QED) is 0.649. The summed E-state index contributed by atoms with van der Waals surface area (Å²) in [5, 5.41) is 14.5. The summed E-state index contributed by atoms with van der Waals surface area (Å²) in [5.41, 5.74) is 0.606. The molecule has 0 radical (unpaired) electrons. The number of nitrogens with zero attached hydrogens (tertiary/aromatic N) is 1. The number of aliphatic hydroxyl groups excluding tert-OH is 1. The molecule has 0 aliphatic carbocycles. The summed E-state index contributed by atoms with van der Waals surface area (Å²) in [4.78, 5) is 15.9. The summed E-state index contributed by atoms with van der Waals surface area (Å²) in [7, 11) is 0. The topological polar surface area (TPSA) is 83.5 Å². The third-order valence-corrected chi connectivity index (χ3v) is 2.80.